The van der Waals surface area contributed by atoms with Crippen LogP contribution in [0.3, 0.4) is 0 Å². The van der Waals surface area contributed by atoms with E-state index in [4.69, 9.17) is 23.2 Å². The third-order valence-corrected chi connectivity index (χ3v) is 2.78. The summed E-state index contributed by atoms with van der Waals surface area (Å²) in [6.45, 7) is 1.88. The first kappa shape index (κ1) is 10.5. The summed E-state index contributed by atoms with van der Waals surface area (Å²) in [5.41, 5.74) is 1.68. The standard InChI is InChI=1S/C10H9Cl2N3/c1-7-8(6-11)10(12)15(14-7)9-4-2-3-5-13-9/h2-5H,6H2,1H3. The lowest BCUT2D eigenvalue weighted by atomic mass is 10.3. The predicted molar refractivity (Wildman–Crippen MR) is 60.7 cm³/mol. The van der Waals surface area contributed by atoms with Crippen molar-refractivity contribution in [3.8, 4) is 5.82 Å². The average Bonchev–Trinajstić information content (AvgIpc) is 2.55. The molecule has 5 heteroatoms. The highest BCUT2D eigenvalue weighted by atomic mass is 35.5. The van der Waals surface area contributed by atoms with Gasteiger partial charge in [-0.25, -0.2) is 9.67 Å². The molecule has 2 aromatic rings. The van der Waals surface area contributed by atoms with Crippen LogP contribution in [0.2, 0.25) is 5.15 Å². The number of nitrogens with zero attached hydrogens (tertiary/aromatic N) is 3. The summed E-state index contributed by atoms with van der Waals surface area (Å²) in [6, 6.07) is 5.57. The van der Waals surface area contributed by atoms with E-state index >= 15 is 0 Å². The Morgan fingerprint density at radius 1 is 1.40 bits per heavy atom. The highest BCUT2D eigenvalue weighted by molar-refractivity contribution is 6.31. The number of rotatable bonds is 2. The van der Waals surface area contributed by atoms with E-state index in [1.54, 1.807) is 10.9 Å². The van der Waals surface area contributed by atoms with Gasteiger partial charge in [-0.2, -0.15) is 5.10 Å². The summed E-state index contributed by atoms with van der Waals surface area (Å²) in [7, 11) is 0. The van der Waals surface area contributed by atoms with E-state index in [0.29, 0.717) is 16.9 Å². The monoisotopic (exact) mass is 241 g/mol. The number of hydrogen-bond acceptors (Lipinski definition) is 2. The van der Waals surface area contributed by atoms with Crippen LogP contribution in [0.15, 0.2) is 24.4 Å². The Morgan fingerprint density at radius 3 is 2.73 bits per heavy atom. The van der Waals surface area contributed by atoms with Crippen LogP contribution in [0.1, 0.15) is 11.3 Å². The van der Waals surface area contributed by atoms with Crippen LogP contribution in [0, 0.1) is 6.92 Å². The van der Waals surface area contributed by atoms with Crippen molar-refractivity contribution >= 4 is 23.2 Å². The number of halogens is 2. The predicted octanol–water partition coefficient (Wildman–Crippen LogP) is 2.97. The molecule has 0 N–H and O–H groups in total. The molecule has 0 aromatic carbocycles. The molecular weight excluding hydrogens is 233 g/mol. The second kappa shape index (κ2) is 4.21. The first-order valence-corrected chi connectivity index (χ1v) is 5.36. The molecule has 0 aliphatic carbocycles. The molecule has 0 radical (unpaired) electrons. The number of pyridine rings is 1. The van der Waals surface area contributed by atoms with Crippen molar-refractivity contribution in [1.29, 1.82) is 0 Å². The first-order valence-electron chi connectivity index (χ1n) is 4.45. The van der Waals surface area contributed by atoms with E-state index in [1.165, 1.54) is 0 Å². The van der Waals surface area contributed by atoms with Crippen molar-refractivity contribution in [2.45, 2.75) is 12.8 Å². The van der Waals surface area contributed by atoms with Gasteiger partial charge in [0.15, 0.2) is 5.82 Å². The molecule has 15 heavy (non-hydrogen) atoms. The molecule has 0 saturated carbocycles. The molecule has 0 saturated heterocycles. The third kappa shape index (κ3) is 1.85. The molecule has 0 fully saturated rings. The van der Waals surface area contributed by atoms with Crippen molar-refractivity contribution in [2.24, 2.45) is 0 Å². The fourth-order valence-corrected chi connectivity index (χ4v) is 2.03. The van der Waals surface area contributed by atoms with E-state index in [1.807, 2.05) is 25.1 Å². The third-order valence-electron chi connectivity index (χ3n) is 2.12. The van der Waals surface area contributed by atoms with Crippen molar-refractivity contribution in [3.05, 3.63) is 40.8 Å². The van der Waals surface area contributed by atoms with Crippen molar-refractivity contribution < 1.29 is 0 Å². The van der Waals surface area contributed by atoms with E-state index < -0.39 is 0 Å². The Hall–Kier alpha value is -1.06. The van der Waals surface area contributed by atoms with Crippen molar-refractivity contribution in [3.63, 3.8) is 0 Å². The molecule has 2 aromatic heterocycles. The smallest absolute Gasteiger partial charge is 0.155 e. The number of aryl methyl sites for hydroxylation is 1. The van der Waals surface area contributed by atoms with Crippen LogP contribution < -0.4 is 0 Å². The maximum absolute atomic E-state index is 6.14. The lowest BCUT2D eigenvalue weighted by Crippen LogP contribution is -1.98. The summed E-state index contributed by atoms with van der Waals surface area (Å²) >= 11 is 11.9. The van der Waals surface area contributed by atoms with Gasteiger partial charge in [0.2, 0.25) is 0 Å². The Balaban J connectivity index is 2.55. The van der Waals surface area contributed by atoms with E-state index in [2.05, 4.69) is 10.1 Å². The fourth-order valence-electron chi connectivity index (χ4n) is 1.31. The summed E-state index contributed by atoms with van der Waals surface area (Å²) in [5.74, 6) is 1.05. The second-order valence-electron chi connectivity index (χ2n) is 3.09. The van der Waals surface area contributed by atoms with Gasteiger partial charge in [-0.3, -0.25) is 0 Å². The lowest BCUT2D eigenvalue weighted by molar-refractivity contribution is 0.833. The quantitative estimate of drug-likeness (QED) is 0.758. The highest BCUT2D eigenvalue weighted by Gasteiger charge is 2.13. The molecule has 3 nitrogen and oxygen atoms in total. The minimum absolute atomic E-state index is 0.359. The zero-order valence-corrected chi connectivity index (χ0v) is 9.63. The molecule has 0 bridgehead atoms. The minimum Gasteiger partial charge on any atom is -0.237 e. The van der Waals surface area contributed by atoms with Crippen molar-refractivity contribution in [2.75, 3.05) is 0 Å². The number of alkyl halides is 1. The Kier molecular flexibility index (Phi) is 2.93. The van der Waals surface area contributed by atoms with Crippen LogP contribution in [0.4, 0.5) is 0 Å². The van der Waals surface area contributed by atoms with Gasteiger partial charge in [-0.15, -0.1) is 11.6 Å². The van der Waals surface area contributed by atoms with Gasteiger partial charge in [-0.1, -0.05) is 17.7 Å². The Labute approximate surface area is 97.7 Å². The molecule has 0 unspecified atom stereocenters. The Morgan fingerprint density at radius 2 is 2.20 bits per heavy atom. The van der Waals surface area contributed by atoms with Crippen molar-refractivity contribution in [1.82, 2.24) is 14.8 Å². The van der Waals surface area contributed by atoms with Gasteiger partial charge in [0, 0.05) is 11.8 Å². The van der Waals surface area contributed by atoms with Crippen LogP contribution in [-0.2, 0) is 5.88 Å². The Bertz CT molecular complexity index is 465. The van der Waals surface area contributed by atoms with Crippen LogP contribution in [-0.4, -0.2) is 14.8 Å². The van der Waals surface area contributed by atoms with E-state index in [0.717, 1.165) is 11.3 Å². The van der Waals surface area contributed by atoms with Gasteiger partial charge in [-0.05, 0) is 19.1 Å². The molecule has 2 rings (SSSR count). The SMILES string of the molecule is Cc1nn(-c2ccccn2)c(Cl)c1CCl. The zero-order chi connectivity index (χ0) is 10.8. The second-order valence-corrected chi connectivity index (χ2v) is 3.71. The minimum atomic E-state index is 0.359. The van der Waals surface area contributed by atoms with Crippen LogP contribution in [0.25, 0.3) is 5.82 Å². The highest BCUT2D eigenvalue weighted by Crippen LogP contribution is 2.23. The van der Waals surface area contributed by atoms with Gasteiger partial charge < -0.3 is 0 Å². The molecule has 78 valence electrons. The summed E-state index contributed by atoms with van der Waals surface area (Å²) in [4.78, 5) is 4.17. The van der Waals surface area contributed by atoms with Gasteiger partial charge >= 0.3 is 0 Å². The fraction of sp³-hybridized carbons (Fsp3) is 0.200. The largest absolute Gasteiger partial charge is 0.237 e. The average molecular weight is 242 g/mol. The molecular formula is C10H9Cl2N3. The van der Waals surface area contributed by atoms with Gasteiger partial charge in [0.05, 0.1) is 11.6 Å². The first-order chi connectivity index (χ1) is 7.24. The van der Waals surface area contributed by atoms with E-state index in [-0.39, 0.29) is 0 Å². The summed E-state index contributed by atoms with van der Waals surface area (Å²) < 4.78 is 1.59. The van der Waals surface area contributed by atoms with Gasteiger partial charge in [0.1, 0.15) is 5.15 Å². The summed E-state index contributed by atoms with van der Waals surface area (Å²) in [6.07, 6.45) is 1.70. The molecule has 0 atom stereocenters. The zero-order valence-electron chi connectivity index (χ0n) is 8.11. The van der Waals surface area contributed by atoms with Crippen LogP contribution >= 0.6 is 23.2 Å². The topological polar surface area (TPSA) is 30.7 Å². The lowest BCUT2D eigenvalue weighted by Gasteiger charge is -2.00. The molecule has 0 amide bonds. The molecule has 0 spiro atoms. The maximum atomic E-state index is 6.14. The number of aromatic nitrogens is 3. The molecule has 0 aliphatic rings. The summed E-state index contributed by atoms with van der Waals surface area (Å²) in [5, 5.41) is 4.82. The molecule has 2 heterocycles. The molecule has 0 aliphatic heterocycles. The van der Waals surface area contributed by atoms with Crippen LogP contribution in [0.5, 0.6) is 0 Å². The maximum Gasteiger partial charge on any atom is 0.155 e. The van der Waals surface area contributed by atoms with Gasteiger partial charge in [0.25, 0.3) is 0 Å². The number of hydrogen-bond donors (Lipinski definition) is 0. The van der Waals surface area contributed by atoms with E-state index in [9.17, 15) is 0 Å². The normalized spacial score (nSPS) is 10.6.